The van der Waals surface area contributed by atoms with Gasteiger partial charge in [0.05, 0.1) is 17.0 Å². The van der Waals surface area contributed by atoms with Gasteiger partial charge in [0, 0.05) is 50.7 Å². The van der Waals surface area contributed by atoms with Gasteiger partial charge in [0.15, 0.2) is 0 Å². The lowest BCUT2D eigenvalue weighted by molar-refractivity contribution is -0.137. The van der Waals surface area contributed by atoms with Crippen LogP contribution in [0.2, 0.25) is 0 Å². The number of sulfonamides is 1. The van der Waals surface area contributed by atoms with E-state index in [0.717, 1.165) is 34.9 Å². The van der Waals surface area contributed by atoms with Crippen LogP contribution in [-0.2, 0) is 34.0 Å². The van der Waals surface area contributed by atoms with E-state index in [1.807, 2.05) is 0 Å². The van der Waals surface area contributed by atoms with Crippen LogP contribution in [0.4, 0.5) is 26.3 Å². The third kappa shape index (κ3) is 7.56. The first kappa shape index (κ1) is 29.6. The fourth-order valence-corrected chi connectivity index (χ4v) is 5.06. The molecule has 0 radical (unpaired) electrons. The first-order valence-electron chi connectivity index (χ1n) is 11.7. The number of nitrogens with zero attached hydrogens (tertiary/aromatic N) is 4. The van der Waals surface area contributed by atoms with E-state index in [1.54, 1.807) is 0 Å². The number of rotatable bonds is 8. The molecular formula is C23H26F6N4O4S. The Morgan fingerprint density at radius 1 is 1.00 bits per heavy atom. The molecule has 0 atom stereocenters. The average molecular weight is 569 g/mol. The number of aromatic nitrogens is 2. The molecule has 38 heavy (non-hydrogen) atoms. The topological polar surface area (TPSA) is 92.6 Å². The average Bonchev–Trinajstić information content (AvgIpc) is 2.84. The molecule has 1 fully saturated rings. The van der Waals surface area contributed by atoms with E-state index in [1.165, 1.54) is 16.1 Å². The first-order valence-corrected chi connectivity index (χ1v) is 13.3. The van der Waals surface area contributed by atoms with Gasteiger partial charge in [-0.25, -0.2) is 13.4 Å². The van der Waals surface area contributed by atoms with E-state index in [4.69, 9.17) is 0 Å². The zero-order chi connectivity index (χ0) is 28.3. The Balaban J connectivity index is 1.85. The number of carbonyl (C=O) groups excluding carboxylic acids is 1. The Hall–Kier alpha value is -2.94. The van der Waals surface area contributed by atoms with Crippen LogP contribution in [0.25, 0.3) is 11.3 Å². The van der Waals surface area contributed by atoms with Gasteiger partial charge in [-0.15, -0.1) is 0 Å². The normalized spacial score (nSPS) is 15.6. The predicted molar refractivity (Wildman–Crippen MR) is 126 cm³/mol. The highest BCUT2D eigenvalue weighted by atomic mass is 32.2. The maximum Gasteiger partial charge on any atom is 0.416 e. The van der Waals surface area contributed by atoms with Crippen LogP contribution in [0.5, 0.6) is 0 Å². The molecule has 1 saturated heterocycles. The number of carbonyl (C=O) groups is 1. The minimum atomic E-state index is -4.58. The third-order valence-electron chi connectivity index (χ3n) is 6.10. The standard InChI is InChI=1S/C23H26F6N4O4S/c1-2-38(36,37)32-12-10-31(11-13-32)21(35)15-33-19(4-3-9-22(24,25)26)30-18(14-20(33)34)16-5-7-17(8-6-16)23(27,28)29/h5-8,14H,2-4,9-13,15H2,1H3. The lowest BCUT2D eigenvalue weighted by Crippen LogP contribution is -2.52. The van der Waals surface area contributed by atoms with Crippen molar-refractivity contribution in [2.24, 2.45) is 0 Å². The zero-order valence-corrected chi connectivity index (χ0v) is 21.2. The lowest BCUT2D eigenvalue weighted by atomic mass is 10.1. The van der Waals surface area contributed by atoms with Crippen LogP contribution < -0.4 is 5.56 Å². The fourth-order valence-electron chi connectivity index (χ4n) is 3.97. The summed E-state index contributed by atoms with van der Waals surface area (Å²) >= 11 is 0. The molecule has 0 spiro atoms. The summed E-state index contributed by atoms with van der Waals surface area (Å²) in [6.07, 6.45) is -10.9. The van der Waals surface area contributed by atoms with Gasteiger partial charge < -0.3 is 4.90 Å². The Labute approximate surface area is 214 Å². The van der Waals surface area contributed by atoms with Crippen molar-refractivity contribution in [1.82, 2.24) is 18.8 Å². The molecular weight excluding hydrogens is 542 g/mol. The van der Waals surface area contributed by atoms with Crippen molar-refractivity contribution in [2.75, 3.05) is 31.9 Å². The van der Waals surface area contributed by atoms with Gasteiger partial charge >= 0.3 is 12.4 Å². The van der Waals surface area contributed by atoms with Crippen molar-refractivity contribution in [3.05, 3.63) is 52.1 Å². The molecule has 210 valence electrons. The number of halogens is 6. The van der Waals surface area contributed by atoms with E-state index in [9.17, 15) is 44.3 Å². The summed E-state index contributed by atoms with van der Waals surface area (Å²) in [6.45, 7) is 1.27. The fraction of sp³-hybridized carbons (Fsp3) is 0.522. The summed E-state index contributed by atoms with van der Waals surface area (Å²) < 4.78 is 103. The predicted octanol–water partition coefficient (Wildman–Crippen LogP) is 3.31. The Morgan fingerprint density at radius 3 is 2.13 bits per heavy atom. The van der Waals surface area contributed by atoms with Crippen LogP contribution in [0.1, 0.15) is 31.2 Å². The van der Waals surface area contributed by atoms with Gasteiger partial charge in [-0.1, -0.05) is 12.1 Å². The number of aryl methyl sites for hydroxylation is 1. The van der Waals surface area contributed by atoms with Crippen molar-refractivity contribution >= 4 is 15.9 Å². The van der Waals surface area contributed by atoms with Crippen molar-refractivity contribution in [2.45, 2.75) is 45.1 Å². The van der Waals surface area contributed by atoms with Crippen LogP contribution in [0.15, 0.2) is 35.1 Å². The molecule has 1 amide bonds. The molecule has 1 aromatic heterocycles. The second-order valence-corrected chi connectivity index (χ2v) is 11.0. The molecule has 1 aromatic carbocycles. The second kappa shape index (κ2) is 11.4. The van der Waals surface area contributed by atoms with Crippen molar-refractivity contribution in [3.8, 4) is 11.3 Å². The van der Waals surface area contributed by atoms with Crippen molar-refractivity contribution in [3.63, 3.8) is 0 Å². The molecule has 0 saturated carbocycles. The molecule has 0 unspecified atom stereocenters. The van der Waals surface area contributed by atoms with Crippen molar-refractivity contribution < 1.29 is 39.6 Å². The van der Waals surface area contributed by atoms with Crippen molar-refractivity contribution in [1.29, 1.82) is 0 Å². The number of alkyl halides is 6. The van der Waals surface area contributed by atoms with Gasteiger partial charge in [-0.3, -0.25) is 14.2 Å². The Kier molecular flexibility index (Phi) is 8.91. The molecule has 1 aliphatic rings. The number of benzene rings is 1. The van der Waals surface area contributed by atoms with Gasteiger partial charge in [0.25, 0.3) is 5.56 Å². The number of piperazine rings is 1. The summed E-state index contributed by atoms with van der Waals surface area (Å²) in [5.74, 6) is -0.742. The monoisotopic (exact) mass is 568 g/mol. The summed E-state index contributed by atoms with van der Waals surface area (Å²) in [4.78, 5) is 31.4. The van der Waals surface area contributed by atoms with E-state index in [0.29, 0.717) is 0 Å². The van der Waals surface area contributed by atoms with Crippen LogP contribution >= 0.6 is 0 Å². The lowest BCUT2D eigenvalue weighted by Gasteiger charge is -2.34. The van der Waals surface area contributed by atoms with Crippen LogP contribution in [0, 0.1) is 0 Å². The van der Waals surface area contributed by atoms with Gasteiger partial charge in [0.1, 0.15) is 12.4 Å². The molecule has 2 aromatic rings. The van der Waals surface area contributed by atoms with E-state index >= 15 is 0 Å². The number of amides is 1. The summed E-state index contributed by atoms with van der Waals surface area (Å²) in [5, 5.41) is 0. The van der Waals surface area contributed by atoms with E-state index in [-0.39, 0.29) is 55.4 Å². The minimum absolute atomic E-state index is 0.0344. The summed E-state index contributed by atoms with van der Waals surface area (Å²) in [6, 6.07) is 4.81. The largest absolute Gasteiger partial charge is 0.416 e. The number of hydrogen-bond acceptors (Lipinski definition) is 5. The maximum atomic E-state index is 12.9. The highest BCUT2D eigenvalue weighted by Crippen LogP contribution is 2.30. The summed E-state index contributed by atoms with van der Waals surface area (Å²) in [7, 11) is -3.43. The van der Waals surface area contributed by atoms with Crippen LogP contribution in [-0.4, -0.2) is 71.2 Å². The SMILES string of the molecule is CCS(=O)(=O)N1CCN(C(=O)Cn2c(CCCC(F)(F)F)nc(-c3ccc(C(F)(F)F)cc3)cc2=O)CC1. The van der Waals surface area contributed by atoms with Gasteiger partial charge in [0.2, 0.25) is 15.9 Å². The molecule has 0 aliphatic carbocycles. The Bertz CT molecular complexity index is 1300. The molecule has 8 nitrogen and oxygen atoms in total. The first-order chi connectivity index (χ1) is 17.6. The smallest absolute Gasteiger partial charge is 0.338 e. The molecule has 1 aliphatic heterocycles. The molecule has 15 heteroatoms. The molecule has 0 bridgehead atoms. The maximum absolute atomic E-state index is 12.9. The second-order valence-electron chi connectivity index (χ2n) is 8.71. The highest BCUT2D eigenvalue weighted by Gasteiger charge is 2.31. The minimum Gasteiger partial charge on any atom is -0.338 e. The molecule has 2 heterocycles. The van der Waals surface area contributed by atoms with E-state index in [2.05, 4.69) is 4.98 Å². The molecule has 3 rings (SSSR count). The highest BCUT2D eigenvalue weighted by molar-refractivity contribution is 7.89. The molecule has 0 N–H and O–H groups in total. The van der Waals surface area contributed by atoms with Crippen LogP contribution in [0.3, 0.4) is 0 Å². The quantitative estimate of drug-likeness (QED) is 0.456. The zero-order valence-electron chi connectivity index (χ0n) is 20.3. The van der Waals surface area contributed by atoms with E-state index < -0.39 is 58.8 Å². The Morgan fingerprint density at radius 2 is 1.61 bits per heavy atom. The summed E-state index contributed by atoms with van der Waals surface area (Å²) in [5.41, 5.74) is -1.55. The van der Waals surface area contributed by atoms with Gasteiger partial charge in [-0.05, 0) is 25.5 Å². The third-order valence-corrected chi connectivity index (χ3v) is 7.98. The number of hydrogen-bond donors (Lipinski definition) is 0. The van der Waals surface area contributed by atoms with Gasteiger partial charge in [-0.2, -0.15) is 30.6 Å².